The fourth-order valence-corrected chi connectivity index (χ4v) is 3.45. The van der Waals surface area contributed by atoms with E-state index >= 15 is 0 Å². The van der Waals surface area contributed by atoms with Crippen LogP contribution in [0.4, 0.5) is 4.39 Å². The van der Waals surface area contributed by atoms with Crippen LogP contribution >= 0.6 is 11.8 Å². The molecule has 5 nitrogen and oxygen atoms in total. The van der Waals surface area contributed by atoms with Crippen molar-refractivity contribution in [3.63, 3.8) is 0 Å². The fraction of sp³-hybridized carbons (Fsp3) is 0.636. The van der Waals surface area contributed by atoms with E-state index in [0.717, 1.165) is 23.8 Å². The van der Waals surface area contributed by atoms with Gasteiger partial charge in [0.1, 0.15) is 0 Å². The van der Waals surface area contributed by atoms with Gasteiger partial charge in [-0.2, -0.15) is 16.2 Å². The first kappa shape index (κ1) is 13.2. The van der Waals surface area contributed by atoms with Gasteiger partial charge in [0, 0.05) is 5.25 Å². The predicted molar refractivity (Wildman–Crippen MR) is 67.8 cm³/mol. The highest BCUT2D eigenvalue weighted by molar-refractivity contribution is 7.99. The van der Waals surface area contributed by atoms with Gasteiger partial charge in [-0.05, 0) is 19.1 Å². The van der Waals surface area contributed by atoms with Gasteiger partial charge in [-0.25, -0.2) is 4.79 Å². The largest absolute Gasteiger partial charge is 0.492 e. The third kappa shape index (κ3) is 2.19. The molecule has 1 aliphatic carbocycles. The van der Waals surface area contributed by atoms with Crippen LogP contribution in [0, 0.1) is 5.82 Å². The number of thioether (sulfide) groups is 1. The second-order valence-electron chi connectivity index (χ2n) is 4.39. The van der Waals surface area contributed by atoms with Gasteiger partial charge in [0.05, 0.1) is 6.04 Å². The van der Waals surface area contributed by atoms with E-state index in [2.05, 4.69) is 0 Å². The summed E-state index contributed by atoms with van der Waals surface area (Å²) in [5.41, 5.74) is -1.92. The quantitative estimate of drug-likeness (QED) is 0.850. The number of hydrogen-bond donors (Lipinski definition) is 2. The molecule has 0 aromatic carbocycles. The number of hydrogen-bond acceptors (Lipinski definition) is 4. The van der Waals surface area contributed by atoms with Gasteiger partial charge in [-0.3, -0.25) is 14.3 Å². The van der Waals surface area contributed by atoms with Crippen LogP contribution in [0.2, 0.25) is 0 Å². The van der Waals surface area contributed by atoms with E-state index < -0.39 is 22.9 Å². The summed E-state index contributed by atoms with van der Waals surface area (Å²) < 4.78 is 14.4. The summed E-state index contributed by atoms with van der Waals surface area (Å²) in [5, 5.41) is 9.83. The minimum absolute atomic E-state index is 0.146. The Labute approximate surface area is 107 Å². The Kier molecular flexibility index (Phi) is 3.79. The maximum Gasteiger partial charge on any atom is 0.331 e. The van der Waals surface area contributed by atoms with Crippen molar-refractivity contribution in [1.29, 1.82) is 0 Å². The summed E-state index contributed by atoms with van der Waals surface area (Å²) in [6, 6.07) is -0.271. The van der Waals surface area contributed by atoms with Crippen molar-refractivity contribution in [3.05, 3.63) is 26.7 Å². The number of aromatic nitrogens is 2. The van der Waals surface area contributed by atoms with Gasteiger partial charge in [-0.15, -0.1) is 0 Å². The van der Waals surface area contributed by atoms with E-state index in [1.54, 1.807) is 11.8 Å². The Morgan fingerprint density at radius 1 is 1.39 bits per heavy atom. The molecule has 0 amide bonds. The molecule has 1 aromatic rings. The molecule has 0 aliphatic heterocycles. The molecule has 1 heterocycles. The fourth-order valence-electron chi connectivity index (χ4n) is 2.47. The van der Waals surface area contributed by atoms with Crippen LogP contribution in [0.15, 0.2) is 9.59 Å². The third-order valence-corrected chi connectivity index (χ3v) is 4.52. The van der Waals surface area contributed by atoms with E-state index in [-0.39, 0.29) is 11.3 Å². The van der Waals surface area contributed by atoms with Crippen LogP contribution in [-0.2, 0) is 0 Å². The number of halogens is 1. The molecule has 2 N–H and O–H groups in total. The molecular formula is C11H15FN2O3S. The van der Waals surface area contributed by atoms with Crippen molar-refractivity contribution in [2.24, 2.45) is 0 Å². The van der Waals surface area contributed by atoms with E-state index in [0.29, 0.717) is 6.42 Å². The summed E-state index contributed by atoms with van der Waals surface area (Å²) in [7, 11) is 0. The molecule has 1 fully saturated rings. The molecule has 2 unspecified atom stereocenters. The van der Waals surface area contributed by atoms with Crippen molar-refractivity contribution in [2.45, 2.75) is 37.0 Å². The molecule has 2 atom stereocenters. The topological polar surface area (TPSA) is 75.1 Å². The lowest BCUT2D eigenvalue weighted by Gasteiger charge is -2.31. The van der Waals surface area contributed by atoms with Crippen LogP contribution in [-0.4, -0.2) is 26.2 Å². The van der Waals surface area contributed by atoms with Crippen LogP contribution in [0.25, 0.3) is 0 Å². The molecule has 100 valence electrons. The van der Waals surface area contributed by atoms with E-state index in [9.17, 15) is 19.1 Å². The van der Waals surface area contributed by atoms with Crippen molar-refractivity contribution < 1.29 is 9.50 Å². The van der Waals surface area contributed by atoms with Gasteiger partial charge in [0.25, 0.3) is 5.56 Å². The van der Waals surface area contributed by atoms with Crippen LogP contribution < -0.4 is 11.2 Å². The molecule has 1 saturated carbocycles. The van der Waals surface area contributed by atoms with Gasteiger partial charge < -0.3 is 5.11 Å². The average molecular weight is 274 g/mol. The maximum atomic E-state index is 13.4. The number of nitrogens with zero attached hydrogens (tertiary/aromatic N) is 1. The lowest BCUT2D eigenvalue weighted by molar-refractivity contribution is 0.289. The average Bonchev–Trinajstić information content (AvgIpc) is 2.37. The summed E-state index contributed by atoms with van der Waals surface area (Å²) in [6.45, 7) is 0. The molecular weight excluding hydrogens is 259 g/mol. The van der Waals surface area contributed by atoms with Gasteiger partial charge in [0.15, 0.2) is 0 Å². The molecule has 2 rings (SSSR count). The first-order valence-electron chi connectivity index (χ1n) is 5.82. The first-order chi connectivity index (χ1) is 8.56. The SMILES string of the molecule is CSC1CCCCC1n1c(O)c(F)c(=O)[nH]c1=O. The van der Waals surface area contributed by atoms with Crippen molar-refractivity contribution >= 4 is 11.8 Å². The maximum absolute atomic E-state index is 13.4. The van der Waals surface area contributed by atoms with Gasteiger partial charge >= 0.3 is 5.69 Å². The zero-order chi connectivity index (χ0) is 13.3. The minimum atomic E-state index is -1.29. The number of nitrogens with one attached hydrogen (secondary N) is 1. The smallest absolute Gasteiger partial charge is 0.331 e. The second kappa shape index (κ2) is 5.17. The summed E-state index contributed by atoms with van der Waals surface area (Å²) in [5.74, 6) is -2.14. The van der Waals surface area contributed by atoms with Crippen molar-refractivity contribution in [2.75, 3.05) is 6.26 Å². The van der Waals surface area contributed by atoms with Crippen LogP contribution in [0.5, 0.6) is 5.88 Å². The molecule has 0 spiro atoms. The third-order valence-electron chi connectivity index (χ3n) is 3.37. The Bertz CT molecular complexity index is 554. The van der Waals surface area contributed by atoms with Crippen molar-refractivity contribution in [3.8, 4) is 5.88 Å². The molecule has 0 saturated heterocycles. The molecule has 7 heteroatoms. The van der Waals surface area contributed by atoms with Crippen LogP contribution in [0.3, 0.4) is 0 Å². The van der Waals surface area contributed by atoms with E-state index in [1.807, 2.05) is 11.2 Å². The molecule has 18 heavy (non-hydrogen) atoms. The summed E-state index contributed by atoms with van der Waals surface area (Å²) in [6.07, 6.45) is 5.52. The monoisotopic (exact) mass is 274 g/mol. The summed E-state index contributed by atoms with van der Waals surface area (Å²) in [4.78, 5) is 24.7. The predicted octanol–water partition coefficient (Wildman–Crippen LogP) is 1.23. The molecule has 1 aromatic heterocycles. The number of H-pyrrole nitrogens is 1. The van der Waals surface area contributed by atoms with Gasteiger partial charge in [-0.1, -0.05) is 12.8 Å². The summed E-state index contributed by atoms with van der Waals surface area (Å²) >= 11 is 1.59. The Morgan fingerprint density at radius 2 is 2.06 bits per heavy atom. The lowest BCUT2D eigenvalue weighted by Crippen LogP contribution is -2.38. The Hall–Kier alpha value is -1.24. The van der Waals surface area contributed by atoms with Crippen molar-refractivity contribution in [1.82, 2.24) is 9.55 Å². The van der Waals surface area contributed by atoms with Crippen LogP contribution in [0.1, 0.15) is 31.7 Å². The number of aromatic hydroxyl groups is 1. The normalized spacial score (nSPS) is 24.1. The highest BCUT2D eigenvalue weighted by atomic mass is 32.2. The zero-order valence-electron chi connectivity index (χ0n) is 9.98. The first-order valence-corrected chi connectivity index (χ1v) is 7.11. The van der Waals surface area contributed by atoms with Gasteiger partial charge in [0.2, 0.25) is 11.7 Å². The Balaban J connectivity index is 2.53. The molecule has 1 aliphatic rings. The number of rotatable bonds is 2. The molecule has 0 bridgehead atoms. The zero-order valence-corrected chi connectivity index (χ0v) is 10.8. The Morgan fingerprint density at radius 3 is 2.72 bits per heavy atom. The number of aromatic amines is 1. The minimum Gasteiger partial charge on any atom is -0.492 e. The highest BCUT2D eigenvalue weighted by Gasteiger charge is 2.30. The highest BCUT2D eigenvalue weighted by Crippen LogP contribution is 2.36. The lowest BCUT2D eigenvalue weighted by atomic mass is 9.94. The van der Waals surface area contributed by atoms with E-state index in [1.165, 1.54) is 0 Å². The second-order valence-corrected chi connectivity index (χ2v) is 5.47. The standard InChI is InChI=1S/C11H15FN2O3S/c1-18-7-5-3-2-4-6(7)14-10(16)8(12)9(15)13-11(14)17/h6-7,16H,2-5H2,1H3,(H,13,15,17). The molecule has 0 radical (unpaired) electrons. The van der Waals surface area contributed by atoms with E-state index in [4.69, 9.17) is 0 Å².